The predicted molar refractivity (Wildman–Crippen MR) is 109 cm³/mol. The number of hydrogen-bond acceptors (Lipinski definition) is 4. The Labute approximate surface area is 168 Å². The summed E-state index contributed by atoms with van der Waals surface area (Å²) >= 11 is 0. The van der Waals surface area contributed by atoms with Crippen LogP contribution in [-0.2, 0) is 9.59 Å². The van der Waals surface area contributed by atoms with Crippen LogP contribution in [0.3, 0.4) is 0 Å². The highest BCUT2D eigenvalue weighted by Crippen LogP contribution is 2.38. The van der Waals surface area contributed by atoms with Gasteiger partial charge in [0.25, 0.3) is 5.91 Å². The lowest BCUT2D eigenvalue weighted by Gasteiger charge is -2.24. The minimum absolute atomic E-state index is 0.0536. The molecule has 2 heterocycles. The monoisotopic (exact) mass is 390 g/mol. The standard InChI is InChI=1S/C22H22N4O3/c1-13-3-6-16(9-14(13)2)26-22-19(11-24-26)18(10-21(28)25-22)15-4-7-17(8-5-15)29-12-20(23)27/h3-9,11,18H,10,12H2,1-2H3,(H2,23,27)(H,25,28). The van der Waals surface area contributed by atoms with E-state index in [-0.39, 0.29) is 18.4 Å². The molecule has 0 bridgehead atoms. The van der Waals surface area contributed by atoms with Crippen molar-refractivity contribution in [1.29, 1.82) is 0 Å². The number of nitrogens with one attached hydrogen (secondary N) is 1. The summed E-state index contributed by atoms with van der Waals surface area (Å²) in [6.45, 7) is 3.95. The van der Waals surface area contributed by atoms with E-state index in [2.05, 4.69) is 30.3 Å². The van der Waals surface area contributed by atoms with E-state index in [0.29, 0.717) is 18.0 Å². The third-order valence-corrected chi connectivity index (χ3v) is 5.22. The lowest BCUT2D eigenvalue weighted by Crippen LogP contribution is -2.24. The molecule has 3 aromatic rings. The molecule has 2 amide bonds. The topological polar surface area (TPSA) is 99.2 Å². The van der Waals surface area contributed by atoms with Crippen LogP contribution >= 0.6 is 0 Å². The van der Waals surface area contributed by atoms with Gasteiger partial charge in [0.05, 0.1) is 11.9 Å². The number of aromatic nitrogens is 2. The highest BCUT2D eigenvalue weighted by atomic mass is 16.5. The normalized spacial score (nSPS) is 15.5. The first-order valence-electron chi connectivity index (χ1n) is 9.39. The maximum absolute atomic E-state index is 12.4. The second kappa shape index (κ2) is 7.43. The maximum atomic E-state index is 12.4. The molecule has 0 saturated heterocycles. The third-order valence-electron chi connectivity index (χ3n) is 5.22. The molecule has 0 fully saturated rings. The predicted octanol–water partition coefficient (Wildman–Crippen LogP) is 2.83. The number of carbonyl (C=O) groups excluding carboxylic acids is 2. The smallest absolute Gasteiger partial charge is 0.255 e. The van der Waals surface area contributed by atoms with Crippen molar-refractivity contribution >= 4 is 17.6 Å². The largest absolute Gasteiger partial charge is 0.484 e. The van der Waals surface area contributed by atoms with E-state index < -0.39 is 5.91 Å². The fourth-order valence-electron chi connectivity index (χ4n) is 3.52. The zero-order valence-electron chi connectivity index (χ0n) is 16.3. The molecule has 148 valence electrons. The lowest BCUT2D eigenvalue weighted by molar-refractivity contribution is -0.120. The van der Waals surface area contributed by atoms with Gasteiger partial charge < -0.3 is 15.8 Å². The van der Waals surface area contributed by atoms with Crippen molar-refractivity contribution in [2.24, 2.45) is 5.73 Å². The summed E-state index contributed by atoms with van der Waals surface area (Å²) in [5.41, 5.74) is 10.3. The molecule has 2 aromatic carbocycles. The van der Waals surface area contributed by atoms with Gasteiger partial charge in [0.2, 0.25) is 5.91 Å². The van der Waals surface area contributed by atoms with E-state index in [9.17, 15) is 9.59 Å². The molecule has 1 aliphatic rings. The van der Waals surface area contributed by atoms with Crippen LogP contribution in [0.2, 0.25) is 0 Å². The number of carbonyl (C=O) groups is 2. The van der Waals surface area contributed by atoms with Crippen LogP contribution in [0.5, 0.6) is 5.75 Å². The second-order valence-electron chi connectivity index (χ2n) is 7.26. The van der Waals surface area contributed by atoms with Crippen LogP contribution in [0.25, 0.3) is 5.69 Å². The minimum Gasteiger partial charge on any atom is -0.484 e. The molecule has 1 unspecified atom stereocenters. The van der Waals surface area contributed by atoms with E-state index in [4.69, 9.17) is 10.5 Å². The summed E-state index contributed by atoms with van der Waals surface area (Å²) in [5.74, 6) is 0.565. The number of anilines is 1. The second-order valence-corrected chi connectivity index (χ2v) is 7.26. The summed E-state index contributed by atoms with van der Waals surface area (Å²) < 4.78 is 7.09. The van der Waals surface area contributed by atoms with Crippen molar-refractivity contribution < 1.29 is 14.3 Å². The lowest BCUT2D eigenvalue weighted by atomic mass is 9.87. The third kappa shape index (κ3) is 3.71. The van der Waals surface area contributed by atoms with E-state index in [0.717, 1.165) is 22.4 Å². The van der Waals surface area contributed by atoms with Crippen molar-refractivity contribution in [1.82, 2.24) is 9.78 Å². The number of nitrogens with two attached hydrogens (primary N) is 1. The Morgan fingerprint density at radius 1 is 1.21 bits per heavy atom. The quantitative estimate of drug-likeness (QED) is 0.700. The average Bonchev–Trinajstić information content (AvgIpc) is 3.12. The fourth-order valence-corrected chi connectivity index (χ4v) is 3.52. The average molecular weight is 390 g/mol. The van der Waals surface area contributed by atoms with Crippen LogP contribution < -0.4 is 15.8 Å². The Balaban J connectivity index is 1.66. The SMILES string of the molecule is Cc1ccc(-n2ncc3c2NC(=O)CC3c2ccc(OCC(N)=O)cc2)cc1C. The molecule has 0 radical (unpaired) electrons. The number of benzene rings is 2. The number of rotatable bonds is 5. The van der Waals surface area contributed by atoms with Gasteiger partial charge in [-0.1, -0.05) is 18.2 Å². The van der Waals surface area contributed by atoms with Gasteiger partial charge in [0.1, 0.15) is 11.6 Å². The molecule has 7 nitrogen and oxygen atoms in total. The van der Waals surface area contributed by atoms with Crippen molar-refractivity contribution in [3.05, 3.63) is 70.9 Å². The van der Waals surface area contributed by atoms with Crippen LogP contribution in [0.1, 0.15) is 34.6 Å². The number of hydrogen-bond donors (Lipinski definition) is 2. The number of fused-ring (bicyclic) bond motifs is 1. The number of amides is 2. The van der Waals surface area contributed by atoms with Gasteiger partial charge in [-0.3, -0.25) is 9.59 Å². The first-order valence-corrected chi connectivity index (χ1v) is 9.39. The Morgan fingerprint density at radius 3 is 2.66 bits per heavy atom. The highest BCUT2D eigenvalue weighted by Gasteiger charge is 2.30. The van der Waals surface area contributed by atoms with E-state index in [1.54, 1.807) is 16.8 Å². The molecule has 0 aliphatic carbocycles. The number of nitrogens with zero attached hydrogens (tertiary/aromatic N) is 2. The van der Waals surface area contributed by atoms with Crippen LogP contribution in [-0.4, -0.2) is 28.2 Å². The molecular formula is C22H22N4O3. The minimum atomic E-state index is -0.526. The summed E-state index contributed by atoms with van der Waals surface area (Å²) in [7, 11) is 0. The molecule has 1 atom stereocenters. The number of aryl methyl sites for hydroxylation is 2. The van der Waals surface area contributed by atoms with Gasteiger partial charge in [0, 0.05) is 17.9 Å². The molecule has 29 heavy (non-hydrogen) atoms. The maximum Gasteiger partial charge on any atom is 0.255 e. The van der Waals surface area contributed by atoms with Crippen LogP contribution in [0, 0.1) is 13.8 Å². The number of primary amides is 1. The molecule has 0 saturated carbocycles. The first-order chi connectivity index (χ1) is 13.9. The molecule has 1 aliphatic heterocycles. The summed E-state index contributed by atoms with van der Waals surface area (Å²) in [6, 6.07) is 13.5. The van der Waals surface area contributed by atoms with Crippen LogP contribution in [0.15, 0.2) is 48.7 Å². The van der Waals surface area contributed by atoms with Gasteiger partial charge in [-0.2, -0.15) is 5.10 Å². The summed E-state index contributed by atoms with van der Waals surface area (Å²) in [5, 5.41) is 7.51. The van der Waals surface area contributed by atoms with Crippen molar-refractivity contribution in [2.75, 3.05) is 11.9 Å². The zero-order valence-corrected chi connectivity index (χ0v) is 16.3. The molecule has 3 N–H and O–H groups in total. The molecule has 0 spiro atoms. The Hall–Kier alpha value is -3.61. The van der Waals surface area contributed by atoms with Gasteiger partial charge >= 0.3 is 0 Å². The molecule has 1 aromatic heterocycles. The Morgan fingerprint density at radius 2 is 1.97 bits per heavy atom. The van der Waals surface area contributed by atoms with Crippen molar-refractivity contribution in [2.45, 2.75) is 26.2 Å². The van der Waals surface area contributed by atoms with Gasteiger partial charge in [0.15, 0.2) is 6.61 Å². The molecule has 4 rings (SSSR count). The van der Waals surface area contributed by atoms with E-state index in [1.807, 2.05) is 30.5 Å². The van der Waals surface area contributed by atoms with Gasteiger partial charge in [-0.25, -0.2) is 4.68 Å². The van der Waals surface area contributed by atoms with Crippen molar-refractivity contribution in [3.63, 3.8) is 0 Å². The van der Waals surface area contributed by atoms with Crippen molar-refractivity contribution in [3.8, 4) is 11.4 Å². The Kier molecular flexibility index (Phi) is 4.80. The fraction of sp³-hybridized carbons (Fsp3) is 0.227. The first kappa shape index (κ1) is 18.7. The number of ether oxygens (including phenoxy) is 1. The summed E-state index contributed by atoms with van der Waals surface area (Å²) in [4.78, 5) is 23.3. The molecular weight excluding hydrogens is 368 g/mol. The van der Waals surface area contributed by atoms with E-state index in [1.165, 1.54) is 5.56 Å². The highest BCUT2D eigenvalue weighted by molar-refractivity contribution is 5.94. The van der Waals surface area contributed by atoms with Crippen LogP contribution in [0.4, 0.5) is 5.82 Å². The zero-order chi connectivity index (χ0) is 20.5. The van der Waals surface area contributed by atoms with Gasteiger partial charge in [-0.05, 0) is 54.8 Å². The van der Waals surface area contributed by atoms with E-state index >= 15 is 0 Å². The van der Waals surface area contributed by atoms with Gasteiger partial charge in [-0.15, -0.1) is 0 Å². The molecule has 7 heteroatoms. The summed E-state index contributed by atoms with van der Waals surface area (Å²) in [6.07, 6.45) is 2.15. The Bertz CT molecular complexity index is 1090.